The van der Waals surface area contributed by atoms with Gasteiger partial charge in [0.2, 0.25) is 6.29 Å². The number of ether oxygens (including phenoxy) is 2. The maximum atomic E-state index is 12.4. The lowest BCUT2D eigenvalue weighted by atomic mass is 9.99. The third-order valence-corrected chi connectivity index (χ3v) is 4.86. The molecule has 0 bridgehead atoms. The Hall–Kier alpha value is -2.75. The second-order valence-electron chi connectivity index (χ2n) is 6.81. The van der Waals surface area contributed by atoms with E-state index < -0.39 is 37.3 Å². The van der Waals surface area contributed by atoms with E-state index in [2.05, 4.69) is 0 Å². The van der Waals surface area contributed by atoms with Gasteiger partial charge in [-0.3, -0.25) is 4.79 Å². The third-order valence-electron chi connectivity index (χ3n) is 4.86. The van der Waals surface area contributed by atoms with Crippen LogP contribution in [-0.2, 0) is 4.74 Å². The van der Waals surface area contributed by atoms with Crippen molar-refractivity contribution in [1.29, 1.82) is 0 Å². The molecule has 3 aromatic rings. The Kier molecular flexibility index (Phi) is 5.35. The number of aliphatic hydroxyl groups is 4. The first-order valence-electron chi connectivity index (χ1n) is 9.08. The van der Waals surface area contributed by atoms with Crippen LogP contribution in [0.2, 0.25) is 0 Å². The van der Waals surface area contributed by atoms with E-state index in [1.807, 2.05) is 30.3 Å². The Balaban J connectivity index is 1.66. The van der Waals surface area contributed by atoms with Crippen LogP contribution >= 0.6 is 0 Å². The van der Waals surface area contributed by atoms with Gasteiger partial charge in [-0.25, -0.2) is 0 Å². The van der Waals surface area contributed by atoms with Crippen molar-refractivity contribution in [1.82, 2.24) is 0 Å². The molecule has 8 heteroatoms. The molecular formula is C21H20O8. The van der Waals surface area contributed by atoms with Gasteiger partial charge < -0.3 is 34.3 Å². The zero-order chi connectivity index (χ0) is 20.5. The van der Waals surface area contributed by atoms with Crippen LogP contribution in [0.4, 0.5) is 0 Å². The van der Waals surface area contributed by atoms with Crippen molar-refractivity contribution in [3.05, 3.63) is 64.8 Å². The zero-order valence-corrected chi connectivity index (χ0v) is 15.2. The maximum Gasteiger partial charge on any atom is 0.229 e. The van der Waals surface area contributed by atoms with E-state index in [0.717, 1.165) is 5.56 Å². The lowest BCUT2D eigenvalue weighted by Gasteiger charge is -2.39. The van der Waals surface area contributed by atoms with Crippen molar-refractivity contribution >= 4 is 11.0 Å². The molecule has 0 aliphatic carbocycles. The SMILES string of the molecule is O=c1cc(-c2ccccc2)oc2cc(O[C@H]3O[C@@H](CO)[C@@H](O)[C@@H](O)[C@@H]3O)ccc12. The average molecular weight is 400 g/mol. The lowest BCUT2D eigenvalue weighted by Crippen LogP contribution is -2.60. The number of rotatable bonds is 4. The lowest BCUT2D eigenvalue weighted by molar-refractivity contribution is -0.277. The summed E-state index contributed by atoms with van der Waals surface area (Å²) in [5.41, 5.74) is 0.801. The predicted molar refractivity (Wildman–Crippen MR) is 102 cm³/mol. The molecule has 29 heavy (non-hydrogen) atoms. The van der Waals surface area contributed by atoms with E-state index in [0.29, 0.717) is 11.1 Å². The van der Waals surface area contributed by atoms with Gasteiger partial charge in [0.05, 0.1) is 12.0 Å². The van der Waals surface area contributed by atoms with Gasteiger partial charge in [0, 0.05) is 17.7 Å². The Morgan fingerprint density at radius 1 is 0.931 bits per heavy atom. The van der Waals surface area contributed by atoms with Gasteiger partial charge in [-0.15, -0.1) is 0 Å². The maximum absolute atomic E-state index is 12.4. The smallest absolute Gasteiger partial charge is 0.229 e. The molecule has 0 spiro atoms. The molecule has 4 N–H and O–H groups in total. The highest BCUT2D eigenvalue weighted by molar-refractivity contribution is 5.80. The van der Waals surface area contributed by atoms with Crippen molar-refractivity contribution in [2.24, 2.45) is 0 Å². The number of hydrogen-bond acceptors (Lipinski definition) is 8. The minimum atomic E-state index is -1.55. The molecule has 2 aromatic carbocycles. The first-order valence-corrected chi connectivity index (χ1v) is 9.08. The van der Waals surface area contributed by atoms with Crippen molar-refractivity contribution in [2.45, 2.75) is 30.7 Å². The molecule has 1 aromatic heterocycles. The van der Waals surface area contributed by atoms with Gasteiger partial charge in [0.1, 0.15) is 41.5 Å². The zero-order valence-electron chi connectivity index (χ0n) is 15.2. The summed E-state index contributed by atoms with van der Waals surface area (Å²) in [6.07, 6.45) is -6.97. The van der Waals surface area contributed by atoms with Crippen LogP contribution in [0.25, 0.3) is 22.3 Å². The molecule has 1 aliphatic rings. The van der Waals surface area contributed by atoms with Gasteiger partial charge in [-0.1, -0.05) is 30.3 Å². The minimum Gasteiger partial charge on any atom is -0.462 e. The van der Waals surface area contributed by atoms with E-state index in [1.54, 1.807) is 0 Å². The summed E-state index contributed by atoms with van der Waals surface area (Å²) in [4.78, 5) is 12.4. The summed E-state index contributed by atoms with van der Waals surface area (Å²) in [6.45, 7) is -0.558. The molecule has 5 atom stereocenters. The highest BCUT2D eigenvalue weighted by Gasteiger charge is 2.44. The van der Waals surface area contributed by atoms with Crippen molar-refractivity contribution in [2.75, 3.05) is 6.61 Å². The van der Waals surface area contributed by atoms with E-state index >= 15 is 0 Å². The number of fused-ring (bicyclic) bond motifs is 1. The Morgan fingerprint density at radius 2 is 1.69 bits per heavy atom. The van der Waals surface area contributed by atoms with Gasteiger partial charge in [0.15, 0.2) is 5.43 Å². The molecule has 0 saturated carbocycles. The average Bonchev–Trinajstić information content (AvgIpc) is 2.74. The fourth-order valence-corrected chi connectivity index (χ4v) is 3.25. The normalized spacial score (nSPS) is 27.1. The van der Waals surface area contributed by atoms with E-state index in [1.165, 1.54) is 24.3 Å². The van der Waals surface area contributed by atoms with Crippen molar-refractivity contribution in [3.8, 4) is 17.1 Å². The summed E-state index contributed by atoms with van der Waals surface area (Å²) < 4.78 is 16.8. The summed E-state index contributed by atoms with van der Waals surface area (Å²) >= 11 is 0. The van der Waals surface area contributed by atoms with Crippen LogP contribution in [0.1, 0.15) is 0 Å². The van der Waals surface area contributed by atoms with Crippen molar-refractivity contribution in [3.63, 3.8) is 0 Å². The Morgan fingerprint density at radius 3 is 2.41 bits per heavy atom. The fraction of sp³-hybridized carbons (Fsp3) is 0.286. The van der Waals surface area contributed by atoms with E-state index in [4.69, 9.17) is 13.9 Å². The monoisotopic (exact) mass is 400 g/mol. The molecule has 152 valence electrons. The molecule has 2 heterocycles. The molecular weight excluding hydrogens is 380 g/mol. The van der Waals surface area contributed by atoms with Gasteiger partial charge in [-0.05, 0) is 12.1 Å². The molecule has 0 unspecified atom stereocenters. The second-order valence-corrected chi connectivity index (χ2v) is 6.81. The van der Waals surface area contributed by atoms with Crippen LogP contribution in [-0.4, -0.2) is 57.7 Å². The number of benzene rings is 2. The van der Waals surface area contributed by atoms with Crippen LogP contribution in [0.15, 0.2) is 63.8 Å². The minimum absolute atomic E-state index is 0.218. The summed E-state index contributed by atoms with van der Waals surface area (Å²) in [5.74, 6) is 0.614. The van der Waals surface area contributed by atoms with Crippen LogP contribution in [0, 0.1) is 0 Å². The second kappa shape index (κ2) is 7.94. The molecule has 0 amide bonds. The topological polar surface area (TPSA) is 130 Å². The fourth-order valence-electron chi connectivity index (χ4n) is 3.25. The summed E-state index contributed by atoms with van der Waals surface area (Å²) in [7, 11) is 0. The predicted octanol–water partition coefficient (Wildman–Crippen LogP) is 0.639. The van der Waals surface area contributed by atoms with Gasteiger partial charge in [-0.2, -0.15) is 0 Å². The molecule has 4 rings (SSSR count). The number of aliphatic hydroxyl groups excluding tert-OH is 4. The highest BCUT2D eigenvalue weighted by Crippen LogP contribution is 2.28. The Bertz CT molecular complexity index is 1050. The quantitative estimate of drug-likeness (QED) is 0.502. The van der Waals surface area contributed by atoms with Crippen LogP contribution < -0.4 is 10.2 Å². The summed E-state index contributed by atoms with van der Waals surface area (Å²) in [5, 5.41) is 39.5. The number of hydrogen-bond donors (Lipinski definition) is 4. The van der Waals surface area contributed by atoms with E-state index in [9.17, 15) is 25.2 Å². The van der Waals surface area contributed by atoms with Crippen LogP contribution in [0.3, 0.4) is 0 Å². The van der Waals surface area contributed by atoms with Crippen molar-refractivity contribution < 1.29 is 34.3 Å². The van der Waals surface area contributed by atoms with Gasteiger partial charge in [0.25, 0.3) is 0 Å². The third kappa shape index (κ3) is 3.76. The van der Waals surface area contributed by atoms with E-state index in [-0.39, 0.29) is 16.8 Å². The molecule has 1 saturated heterocycles. The molecule has 0 radical (unpaired) electrons. The Labute approximate surface area is 165 Å². The largest absolute Gasteiger partial charge is 0.462 e. The molecule has 1 fully saturated rings. The molecule has 8 nitrogen and oxygen atoms in total. The summed E-state index contributed by atoms with van der Waals surface area (Å²) in [6, 6.07) is 15.1. The highest BCUT2D eigenvalue weighted by atomic mass is 16.7. The first kappa shape index (κ1) is 19.6. The first-order chi connectivity index (χ1) is 14.0. The van der Waals surface area contributed by atoms with Gasteiger partial charge >= 0.3 is 0 Å². The van der Waals surface area contributed by atoms with Crippen LogP contribution in [0.5, 0.6) is 5.75 Å². The standard InChI is InChI=1S/C21H20O8/c22-10-17-18(24)19(25)20(26)21(29-17)27-12-6-7-13-14(23)9-15(28-16(13)8-12)11-4-2-1-3-5-11/h1-9,17-22,24-26H,10H2/t17-,18+,19+,20-,21-/m0/s1. The molecule has 1 aliphatic heterocycles.